The summed E-state index contributed by atoms with van der Waals surface area (Å²) < 4.78 is 1.61. The summed E-state index contributed by atoms with van der Waals surface area (Å²) in [5.74, 6) is -0.966. The average molecular weight is 247 g/mol. The number of carbonyl (C=O) groups is 1. The van der Waals surface area contributed by atoms with Gasteiger partial charge in [0.1, 0.15) is 5.69 Å². The number of nitrogens with zero attached hydrogens (tertiary/aromatic N) is 3. The first kappa shape index (κ1) is 12.3. The quantitative estimate of drug-likeness (QED) is 0.842. The van der Waals surface area contributed by atoms with Crippen LogP contribution in [-0.2, 0) is 13.0 Å². The summed E-state index contributed by atoms with van der Waals surface area (Å²) in [6.45, 7) is 1.79. The van der Waals surface area contributed by atoms with Gasteiger partial charge in [0.05, 0.1) is 23.6 Å². The van der Waals surface area contributed by atoms with E-state index in [1.54, 1.807) is 16.8 Å². The molecule has 6 heteroatoms. The molecule has 2 N–H and O–H groups in total. The smallest absolute Gasteiger partial charge is 0.335 e. The molecule has 1 heterocycles. The van der Waals surface area contributed by atoms with Crippen molar-refractivity contribution in [3.63, 3.8) is 0 Å². The van der Waals surface area contributed by atoms with E-state index in [9.17, 15) is 4.79 Å². The zero-order chi connectivity index (χ0) is 13.1. The van der Waals surface area contributed by atoms with Gasteiger partial charge in [-0.05, 0) is 30.7 Å². The van der Waals surface area contributed by atoms with Gasteiger partial charge in [0.25, 0.3) is 0 Å². The minimum atomic E-state index is -0.966. The highest BCUT2D eigenvalue weighted by Gasteiger charge is 2.12. The van der Waals surface area contributed by atoms with E-state index in [2.05, 4.69) is 10.3 Å². The van der Waals surface area contributed by atoms with Crippen molar-refractivity contribution >= 4 is 5.97 Å². The molecule has 0 bridgehead atoms. The van der Waals surface area contributed by atoms with Crippen molar-refractivity contribution in [1.82, 2.24) is 15.0 Å². The van der Waals surface area contributed by atoms with Crippen LogP contribution in [0.25, 0.3) is 5.69 Å². The van der Waals surface area contributed by atoms with E-state index >= 15 is 0 Å². The second-order valence-electron chi connectivity index (χ2n) is 3.76. The molecular formula is C12H13N3O3. The predicted molar refractivity (Wildman–Crippen MR) is 63.6 cm³/mol. The average Bonchev–Trinajstić information content (AvgIpc) is 2.81. The molecule has 6 nitrogen and oxygen atoms in total. The fraction of sp³-hybridized carbons (Fsp3) is 0.250. The molecule has 0 saturated heterocycles. The maximum absolute atomic E-state index is 10.8. The summed E-state index contributed by atoms with van der Waals surface area (Å²) in [4.78, 5) is 10.8. The van der Waals surface area contributed by atoms with Crippen molar-refractivity contribution in [2.24, 2.45) is 0 Å². The highest BCUT2D eigenvalue weighted by Crippen LogP contribution is 2.14. The second kappa shape index (κ2) is 4.97. The molecular weight excluding hydrogens is 234 g/mol. The molecule has 0 atom stereocenters. The van der Waals surface area contributed by atoms with Gasteiger partial charge in [-0.25, -0.2) is 9.48 Å². The van der Waals surface area contributed by atoms with E-state index in [0.29, 0.717) is 12.1 Å². The van der Waals surface area contributed by atoms with E-state index in [1.165, 1.54) is 12.1 Å². The second-order valence-corrected chi connectivity index (χ2v) is 3.76. The fourth-order valence-electron chi connectivity index (χ4n) is 1.76. The molecule has 0 radical (unpaired) electrons. The van der Waals surface area contributed by atoms with Gasteiger partial charge in [-0.1, -0.05) is 12.1 Å². The lowest BCUT2D eigenvalue weighted by Crippen LogP contribution is -2.04. The van der Waals surface area contributed by atoms with Crippen LogP contribution in [-0.4, -0.2) is 31.2 Å². The summed E-state index contributed by atoms with van der Waals surface area (Å²) in [5, 5.41) is 25.8. The summed E-state index contributed by atoms with van der Waals surface area (Å²) in [6, 6.07) is 6.35. The zero-order valence-corrected chi connectivity index (χ0v) is 9.87. The van der Waals surface area contributed by atoms with Crippen LogP contribution in [0.4, 0.5) is 0 Å². The largest absolute Gasteiger partial charge is 0.478 e. The zero-order valence-electron chi connectivity index (χ0n) is 9.87. The van der Waals surface area contributed by atoms with E-state index in [4.69, 9.17) is 10.2 Å². The van der Waals surface area contributed by atoms with Crippen molar-refractivity contribution < 1.29 is 15.0 Å². The Bertz CT molecular complexity index is 560. The molecule has 1 aromatic heterocycles. The molecule has 0 amide bonds. The monoisotopic (exact) mass is 247 g/mol. The molecule has 0 aliphatic carbocycles. The number of aliphatic hydroxyl groups excluding tert-OH is 1. The molecule has 0 aliphatic rings. The van der Waals surface area contributed by atoms with Crippen LogP contribution in [0.3, 0.4) is 0 Å². The van der Waals surface area contributed by atoms with Crippen LogP contribution >= 0.6 is 0 Å². The molecule has 1 aromatic carbocycles. The van der Waals surface area contributed by atoms with Gasteiger partial charge in [0.2, 0.25) is 0 Å². The lowest BCUT2D eigenvalue weighted by atomic mass is 10.2. The van der Waals surface area contributed by atoms with Gasteiger partial charge in [-0.15, -0.1) is 5.10 Å². The van der Waals surface area contributed by atoms with Crippen LogP contribution < -0.4 is 0 Å². The van der Waals surface area contributed by atoms with Crippen LogP contribution in [0, 0.1) is 0 Å². The SMILES string of the molecule is CCc1c(CO)nnn1-c1ccc(C(=O)O)cc1. The number of carboxylic acid groups (broad SMARTS) is 1. The summed E-state index contributed by atoms with van der Waals surface area (Å²) >= 11 is 0. The van der Waals surface area contributed by atoms with Crippen LogP contribution in [0.1, 0.15) is 28.7 Å². The Hall–Kier alpha value is -2.21. The van der Waals surface area contributed by atoms with Gasteiger partial charge in [0.15, 0.2) is 0 Å². The first-order chi connectivity index (χ1) is 8.67. The predicted octanol–water partition coefficient (Wildman–Crippen LogP) is 1.02. The maximum Gasteiger partial charge on any atom is 0.335 e. The molecule has 0 aliphatic heterocycles. The standard InChI is InChI=1S/C12H13N3O3/c1-2-11-10(7-16)13-14-15(11)9-5-3-8(4-6-9)12(17)18/h3-6,16H,2,7H2,1H3,(H,17,18). The van der Waals surface area contributed by atoms with Crippen molar-refractivity contribution in [2.75, 3.05) is 0 Å². The minimum absolute atomic E-state index is 0.156. The molecule has 2 aromatic rings. The summed E-state index contributed by atoms with van der Waals surface area (Å²) in [6.07, 6.45) is 0.684. The molecule has 0 unspecified atom stereocenters. The third kappa shape index (κ3) is 2.10. The van der Waals surface area contributed by atoms with E-state index in [0.717, 1.165) is 11.4 Å². The van der Waals surface area contributed by atoms with Crippen LogP contribution in [0.5, 0.6) is 0 Å². The Balaban J connectivity index is 2.42. The third-order valence-corrected chi connectivity index (χ3v) is 2.69. The number of aliphatic hydroxyl groups is 1. The molecule has 94 valence electrons. The third-order valence-electron chi connectivity index (χ3n) is 2.69. The van der Waals surface area contributed by atoms with Crippen molar-refractivity contribution in [2.45, 2.75) is 20.0 Å². The molecule has 2 rings (SSSR count). The number of aromatic carboxylic acids is 1. The van der Waals surface area contributed by atoms with E-state index in [-0.39, 0.29) is 12.2 Å². The first-order valence-corrected chi connectivity index (χ1v) is 5.55. The maximum atomic E-state index is 10.8. The Labute approximate surface area is 103 Å². The van der Waals surface area contributed by atoms with Gasteiger partial charge in [-0.2, -0.15) is 0 Å². The number of benzene rings is 1. The van der Waals surface area contributed by atoms with Crippen molar-refractivity contribution in [3.8, 4) is 5.69 Å². The number of rotatable bonds is 4. The first-order valence-electron chi connectivity index (χ1n) is 5.55. The van der Waals surface area contributed by atoms with E-state index in [1.807, 2.05) is 6.92 Å². The van der Waals surface area contributed by atoms with Crippen molar-refractivity contribution in [3.05, 3.63) is 41.2 Å². The van der Waals surface area contributed by atoms with Gasteiger partial charge >= 0.3 is 5.97 Å². The number of hydrogen-bond donors (Lipinski definition) is 2. The Kier molecular flexibility index (Phi) is 3.38. The van der Waals surface area contributed by atoms with E-state index < -0.39 is 5.97 Å². The lowest BCUT2D eigenvalue weighted by Gasteiger charge is -2.05. The molecule has 0 fully saturated rings. The van der Waals surface area contributed by atoms with Gasteiger partial charge < -0.3 is 10.2 Å². The minimum Gasteiger partial charge on any atom is -0.478 e. The van der Waals surface area contributed by atoms with Gasteiger partial charge in [0, 0.05) is 0 Å². The number of hydrogen-bond acceptors (Lipinski definition) is 4. The Morgan fingerprint density at radius 3 is 2.50 bits per heavy atom. The molecule has 0 saturated carbocycles. The number of aromatic nitrogens is 3. The fourth-order valence-corrected chi connectivity index (χ4v) is 1.76. The highest BCUT2D eigenvalue weighted by atomic mass is 16.4. The Morgan fingerprint density at radius 2 is 2.00 bits per heavy atom. The topological polar surface area (TPSA) is 88.2 Å². The summed E-state index contributed by atoms with van der Waals surface area (Å²) in [5.41, 5.74) is 2.31. The van der Waals surface area contributed by atoms with Gasteiger partial charge in [-0.3, -0.25) is 0 Å². The van der Waals surface area contributed by atoms with Crippen molar-refractivity contribution in [1.29, 1.82) is 0 Å². The summed E-state index contributed by atoms with van der Waals surface area (Å²) in [7, 11) is 0. The highest BCUT2D eigenvalue weighted by molar-refractivity contribution is 5.87. The molecule has 0 spiro atoms. The number of carboxylic acids is 1. The Morgan fingerprint density at radius 1 is 1.33 bits per heavy atom. The van der Waals surface area contributed by atoms with Crippen LogP contribution in [0.2, 0.25) is 0 Å². The van der Waals surface area contributed by atoms with Crippen LogP contribution in [0.15, 0.2) is 24.3 Å². The lowest BCUT2D eigenvalue weighted by molar-refractivity contribution is 0.0697. The molecule has 18 heavy (non-hydrogen) atoms. The normalized spacial score (nSPS) is 10.6.